The summed E-state index contributed by atoms with van der Waals surface area (Å²) < 4.78 is 0. The van der Waals surface area contributed by atoms with Crippen LogP contribution >= 0.6 is 0 Å². The van der Waals surface area contributed by atoms with E-state index in [1.807, 2.05) is 57.4 Å². The third-order valence-electron chi connectivity index (χ3n) is 6.25. The number of H-pyrrole nitrogens is 2. The highest BCUT2D eigenvalue weighted by molar-refractivity contribution is 6.01. The van der Waals surface area contributed by atoms with E-state index in [1.54, 1.807) is 31.0 Å². The van der Waals surface area contributed by atoms with Gasteiger partial charge in [-0.1, -0.05) is 20.8 Å². The van der Waals surface area contributed by atoms with Gasteiger partial charge in [0.25, 0.3) is 0 Å². The quantitative estimate of drug-likeness (QED) is 0.265. The van der Waals surface area contributed by atoms with Crippen LogP contribution in [0.5, 0.6) is 0 Å². The van der Waals surface area contributed by atoms with Gasteiger partial charge in [0.1, 0.15) is 5.69 Å². The predicted octanol–water partition coefficient (Wildman–Crippen LogP) is 6.00. The van der Waals surface area contributed by atoms with Crippen molar-refractivity contribution in [2.45, 2.75) is 27.2 Å². The smallest absolute Gasteiger partial charge is 0.224 e. The van der Waals surface area contributed by atoms with Crippen molar-refractivity contribution in [2.24, 2.45) is 5.41 Å². The predicted molar refractivity (Wildman–Crippen MR) is 148 cm³/mol. The molecule has 9 heteroatoms. The molecule has 6 rings (SSSR count). The van der Waals surface area contributed by atoms with Crippen LogP contribution in [0.1, 0.15) is 27.2 Å². The Balaban J connectivity index is 1.36. The molecule has 6 aromatic heterocycles. The standard InChI is InChI=1S/C29H26N8O/c1-29(2,3)11-27(38)34-19-8-18(12-31-13-19)23-10-21-26(16-33-23)36-37-28(21)24-9-20-22(14-32-15-25(20)35-24)17-4-6-30-7-5-17/h4-10,12-16,35H,11H2,1-3H3,(H,34,38)(H,36,37). The van der Waals surface area contributed by atoms with Crippen LogP contribution < -0.4 is 5.32 Å². The second-order valence-corrected chi connectivity index (χ2v) is 10.5. The molecule has 3 N–H and O–H groups in total. The summed E-state index contributed by atoms with van der Waals surface area (Å²) in [5.41, 5.74) is 7.52. The lowest BCUT2D eigenvalue weighted by atomic mass is 9.92. The molecule has 0 aliphatic rings. The van der Waals surface area contributed by atoms with Crippen molar-refractivity contribution in [3.8, 4) is 33.8 Å². The Kier molecular flexibility index (Phi) is 5.68. The van der Waals surface area contributed by atoms with Crippen molar-refractivity contribution in [1.29, 1.82) is 0 Å². The molecule has 0 saturated carbocycles. The first-order valence-electron chi connectivity index (χ1n) is 12.3. The molecule has 0 radical (unpaired) electrons. The average Bonchev–Trinajstić information content (AvgIpc) is 3.51. The average molecular weight is 503 g/mol. The summed E-state index contributed by atoms with van der Waals surface area (Å²) in [6, 6.07) is 9.91. The molecule has 0 aromatic carbocycles. The van der Waals surface area contributed by atoms with E-state index in [1.165, 1.54) is 0 Å². The number of pyridine rings is 4. The largest absolute Gasteiger partial charge is 0.352 e. The molecule has 0 spiro atoms. The fourth-order valence-electron chi connectivity index (χ4n) is 4.56. The van der Waals surface area contributed by atoms with E-state index in [-0.39, 0.29) is 11.3 Å². The van der Waals surface area contributed by atoms with Crippen molar-refractivity contribution >= 4 is 33.4 Å². The zero-order valence-electron chi connectivity index (χ0n) is 21.3. The van der Waals surface area contributed by atoms with Crippen LogP contribution in [0, 0.1) is 5.41 Å². The molecule has 0 unspecified atom stereocenters. The number of anilines is 1. The van der Waals surface area contributed by atoms with Crippen molar-refractivity contribution in [2.75, 3.05) is 5.32 Å². The summed E-state index contributed by atoms with van der Waals surface area (Å²) in [4.78, 5) is 33.4. The molecular weight excluding hydrogens is 476 g/mol. The summed E-state index contributed by atoms with van der Waals surface area (Å²) in [5.74, 6) is -0.0450. The van der Waals surface area contributed by atoms with E-state index in [0.29, 0.717) is 12.1 Å². The highest BCUT2D eigenvalue weighted by atomic mass is 16.1. The number of hydrogen-bond acceptors (Lipinski definition) is 6. The number of aromatic nitrogens is 7. The van der Waals surface area contributed by atoms with E-state index < -0.39 is 0 Å². The van der Waals surface area contributed by atoms with Gasteiger partial charge in [0.2, 0.25) is 5.91 Å². The van der Waals surface area contributed by atoms with Gasteiger partial charge in [-0.15, -0.1) is 0 Å². The lowest BCUT2D eigenvalue weighted by Crippen LogP contribution is -2.19. The van der Waals surface area contributed by atoms with Crippen molar-refractivity contribution in [1.82, 2.24) is 35.1 Å². The van der Waals surface area contributed by atoms with Gasteiger partial charge in [-0.3, -0.25) is 29.8 Å². The van der Waals surface area contributed by atoms with Gasteiger partial charge in [0, 0.05) is 53.1 Å². The number of carbonyl (C=O) groups is 1. The second kappa shape index (κ2) is 9.19. The maximum absolute atomic E-state index is 12.4. The van der Waals surface area contributed by atoms with Crippen LogP contribution in [-0.4, -0.2) is 41.0 Å². The first-order chi connectivity index (χ1) is 18.3. The van der Waals surface area contributed by atoms with Crippen molar-refractivity contribution in [3.63, 3.8) is 0 Å². The van der Waals surface area contributed by atoms with Crippen molar-refractivity contribution < 1.29 is 4.79 Å². The summed E-state index contributed by atoms with van der Waals surface area (Å²) in [6.07, 6.45) is 12.8. The molecule has 6 aromatic rings. The van der Waals surface area contributed by atoms with Gasteiger partial charge >= 0.3 is 0 Å². The Bertz CT molecular complexity index is 1780. The zero-order chi connectivity index (χ0) is 26.3. The normalized spacial score (nSPS) is 11.8. The molecule has 6 heterocycles. The number of rotatable bonds is 5. The topological polar surface area (TPSA) is 125 Å². The van der Waals surface area contributed by atoms with Crippen LogP contribution in [0.15, 0.2) is 73.7 Å². The monoisotopic (exact) mass is 502 g/mol. The first kappa shape index (κ1) is 23.5. The molecule has 0 bridgehead atoms. The fraction of sp³-hybridized carbons (Fsp3) is 0.172. The van der Waals surface area contributed by atoms with E-state index in [2.05, 4.69) is 46.5 Å². The van der Waals surface area contributed by atoms with Crippen LogP contribution in [0.4, 0.5) is 5.69 Å². The van der Waals surface area contributed by atoms with Gasteiger partial charge < -0.3 is 10.3 Å². The van der Waals surface area contributed by atoms with Gasteiger partial charge in [-0.05, 0) is 41.3 Å². The van der Waals surface area contributed by atoms with Crippen molar-refractivity contribution in [3.05, 3.63) is 73.7 Å². The summed E-state index contributed by atoms with van der Waals surface area (Å²) in [5, 5.41) is 12.6. The molecule has 188 valence electrons. The highest BCUT2D eigenvalue weighted by Crippen LogP contribution is 2.34. The summed E-state index contributed by atoms with van der Waals surface area (Å²) in [7, 11) is 0. The third kappa shape index (κ3) is 4.61. The summed E-state index contributed by atoms with van der Waals surface area (Å²) in [6.45, 7) is 6.10. The maximum atomic E-state index is 12.4. The third-order valence-corrected chi connectivity index (χ3v) is 6.25. The minimum atomic E-state index is -0.100. The molecular formula is C29H26N8O. The lowest BCUT2D eigenvalue weighted by molar-refractivity contribution is -0.117. The number of carbonyl (C=O) groups excluding carboxylic acids is 1. The van der Waals surface area contributed by atoms with Gasteiger partial charge in [-0.2, -0.15) is 5.10 Å². The molecule has 0 aliphatic carbocycles. The number of fused-ring (bicyclic) bond motifs is 2. The molecule has 38 heavy (non-hydrogen) atoms. The van der Waals surface area contributed by atoms with E-state index in [9.17, 15) is 4.79 Å². The van der Waals surface area contributed by atoms with Crippen LogP contribution in [-0.2, 0) is 4.79 Å². The molecule has 0 atom stereocenters. The molecule has 0 aliphatic heterocycles. The molecule has 0 saturated heterocycles. The Morgan fingerprint density at radius 1 is 0.868 bits per heavy atom. The number of amides is 1. The van der Waals surface area contributed by atoms with Gasteiger partial charge in [0.05, 0.1) is 46.7 Å². The van der Waals surface area contributed by atoms with Crippen LogP contribution in [0.3, 0.4) is 0 Å². The minimum absolute atomic E-state index is 0.0450. The number of nitrogens with one attached hydrogen (secondary N) is 3. The maximum Gasteiger partial charge on any atom is 0.224 e. The Hall–Kier alpha value is -4.92. The highest BCUT2D eigenvalue weighted by Gasteiger charge is 2.17. The van der Waals surface area contributed by atoms with E-state index in [4.69, 9.17) is 0 Å². The Morgan fingerprint density at radius 2 is 1.68 bits per heavy atom. The number of nitrogens with zero attached hydrogens (tertiary/aromatic N) is 5. The lowest BCUT2D eigenvalue weighted by Gasteiger charge is -2.17. The molecule has 9 nitrogen and oxygen atoms in total. The van der Waals surface area contributed by atoms with Gasteiger partial charge in [0.15, 0.2) is 0 Å². The summed E-state index contributed by atoms with van der Waals surface area (Å²) >= 11 is 0. The Morgan fingerprint density at radius 3 is 2.50 bits per heavy atom. The minimum Gasteiger partial charge on any atom is -0.352 e. The van der Waals surface area contributed by atoms with Crippen LogP contribution in [0.25, 0.3) is 55.6 Å². The Labute approximate surface area is 218 Å². The number of aromatic amines is 2. The SMILES string of the molecule is CC(C)(C)CC(=O)Nc1cncc(-c2cc3c(-c4cc5c(-c6ccncc6)cncc5[nH]4)n[nH]c3cn2)c1. The zero-order valence-corrected chi connectivity index (χ0v) is 21.3. The molecule has 0 fully saturated rings. The molecule has 1 amide bonds. The number of hydrogen-bond donors (Lipinski definition) is 3. The fourth-order valence-corrected chi connectivity index (χ4v) is 4.56. The van der Waals surface area contributed by atoms with Crippen LogP contribution in [0.2, 0.25) is 0 Å². The first-order valence-corrected chi connectivity index (χ1v) is 12.3. The van der Waals surface area contributed by atoms with E-state index in [0.717, 1.165) is 55.6 Å². The van der Waals surface area contributed by atoms with E-state index >= 15 is 0 Å². The van der Waals surface area contributed by atoms with Gasteiger partial charge in [-0.25, -0.2) is 0 Å². The second-order valence-electron chi connectivity index (χ2n) is 10.5.